The second kappa shape index (κ2) is 4.45. The van der Waals surface area contributed by atoms with Crippen molar-refractivity contribution < 1.29 is 16.8 Å². The van der Waals surface area contributed by atoms with Crippen molar-refractivity contribution in [2.24, 2.45) is 0 Å². The zero-order chi connectivity index (χ0) is 13.6. The van der Waals surface area contributed by atoms with Gasteiger partial charge in [0.15, 0.2) is 9.84 Å². The van der Waals surface area contributed by atoms with E-state index in [4.69, 9.17) is 11.6 Å². The monoisotopic (exact) mass is 329 g/mol. The first kappa shape index (κ1) is 14.3. The van der Waals surface area contributed by atoms with Crippen molar-refractivity contribution in [1.29, 1.82) is 0 Å². The Bertz CT molecular complexity index is 664. The molecule has 1 atom stereocenters. The largest absolute Gasteiger partial charge is 0.250 e. The van der Waals surface area contributed by atoms with Gasteiger partial charge in [-0.2, -0.15) is 0 Å². The molecule has 0 unspecified atom stereocenters. The van der Waals surface area contributed by atoms with Crippen LogP contribution in [0.5, 0.6) is 0 Å². The predicted molar refractivity (Wildman–Crippen MR) is 71.3 cm³/mol. The maximum absolute atomic E-state index is 12.1. The molecular weight excluding hydrogens is 318 g/mol. The minimum absolute atomic E-state index is 0.0111. The molecule has 2 rings (SSSR count). The number of sulfone groups is 1. The maximum Gasteiger partial charge on any atom is 0.250 e. The number of halogens is 1. The summed E-state index contributed by atoms with van der Waals surface area (Å²) >= 11 is 6.64. The van der Waals surface area contributed by atoms with Crippen molar-refractivity contribution in [1.82, 2.24) is 4.72 Å². The Kier molecular flexibility index (Phi) is 3.52. The topological polar surface area (TPSA) is 80.3 Å². The van der Waals surface area contributed by atoms with E-state index in [1.54, 1.807) is 6.92 Å². The number of hydrogen-bond acceptors (Lipinski definition) is 5. The molecule has 1 saturated heterocycles. The molecule has 0 aromatic carbocycles. The Labute approximate surface area is 115 Å². The Morgan fingerprint density at radius 2 is 2.11 bits per heavy atom. The van der Waals surface area contributed by atoms with Crippen molar-refractivity contribution in [2.45, 2.75) is 23.1 Å². The van der Waals surface area contributed by atoms with Crippen LogP contribution in [0, 0.1) is 0 Å². The number of rotatable bonds is 3. The molecule has 9 heteroatoms. The zero-order valence-corrected chi connectivity index (χ0v) is 12.7. The molecule has 1 aromatic heterocycles. The maximum atomic E-state index is 12.1. The third kappa shape index (κ3) is 3.05. The van der Waals surface area contributed by atoms with E-state index in [0.717, 1.165) is 11.3 Å². The van der Waals surface area contributed by atoms with Gasteiger partial charge in [0.2, 0.25) is 0 Å². The molecule has 0 bridgehead atoms. The molecule has 0 amide bonds. The number of nitrogens with one attached hydrogen (secondary N) is 1. The minimum atomic E-state index is -3.71. The van der Waals surface area contributed by atoms with Crippen LogP contribution in [-0.4, -0.2) is 33.9 Å². The highest BCUT2D eigenvalue weighted by atomic mass is 35.5. The van der Waals surface area contributed by atoms with Crippen LogP contribution < -0.4 is 4.72 Å². The van der Waals surface area contributed by atoms with Gasteiger partial charge in [0.05, 0.1) is 15.8 Å². The van der Waals surface area contributed by atoms with Crippen molar-refractivity contribution in [3.8, 4) is 0 Å². The van der Waals surface area contributed by atoms with Gasteiger partial charge < -0.3 is 0 Å². The summed E-state index contributed by atoms with van der Waals surface area (Å²) in [7, 11) is -6.86. The van der Waals surface area contributed by atoms with Gasteiger partial charge >= 0.3 is 0 Å². The van der Waals surface area contributed by atoms with Crippen LogP contribution in [0.1, 0.15) is 13.3 Å². The zero-order valence-electron chi connectivity index (χ0n) is 9.51. The molecule has 1 N–H and O–H groups in total. The fourth-order valence-electron chi connectivity index (χ4n) is 1.91. The van der Waals surface area contributed by atoms with Gasteiger partial charge in [0.25, 0.3) is 10.0 Å². The van der Waals surface area contributed by atoms with Crippen LogP contribution >= 0.6 is 22.9 Å². The highest BCUT2D eigenvalue weighted by Crippen LogP contribution is 2.29. The van der Waals surface area contributed by atoms with Crippen molar-refractivity contribution in [3.05, 3.63) is 16.5 Å². The summed E-state index contributed by atoms with van der Waals surface area (Å²) in [5, 5.41) is 0. The number of hydrogen-bond donors (Lipinski definition) is 1. The lowest BCUT2D eigenvalue weighted by atomic mass is 10.0. The van der Waals surface area contributed by atoms with Crippen LogP contribution in [-0.2, 0) is 19.9 Å². The van der Waals surface area contributed by atoms with Gasteiger partial charge in [-0.15, -0.1) is 11.3 Å². The van der Waals surface area contributed by atoms with Crippen LogP contribution in [0.15, 0.2) is 16.3 Å². The fraction of sp³-hybridized carbons (Fsp3) is 0.556. The minimum Gasteiger partial charge on any atom is -0.229 e. The molecule has 1 aromatic rings. The second-order valence-corrected chi connectivity index (χ2v) is 10.4. The highest BCUT2D eigenvalue weighted by molar-refractivity contribution is 7.92. The molecule has 0 spiro atoms. The standard InChI is InChI=1S/C9H12ClNO4S3/c1-9(4-5-17(12,13)6-9)11-18(14,15)8-3-2-7(10)16-8/h2-3,11H,4-6H2,1H3/t9-/m0/s1. The van der Waals surface area contributed by atoms with E-state index >= 15 is 0 Å². The van der Waals surface area contributed by atoms with Gasteiger partial charge in [0.1, 0.15) is 4.21 Å². The lowest BCUT2D eigenvalue weighted by Crippen LogP contribution is -2.46. The normalized spacial score (nSPS) is 27.4. The first-order valence-corrected chi connectivity index (χ1v) is 9.62. The van der Waals surface area contributed by atoms with E-state index in [0.29, 0.717) is 4.34 Å². The van der Waals surface area contributed by atoms with E-state index in [1.807, 2.05) is 0 Å². The number of sulfonamides is 1. The van der Waals surface area contributed by atoms with Gasteiger partial charge in [-0.3, -0.25) is 0 Å². The summed E-state index contributed by atoms with van der Waals surface area (Å²) in [4.78, 5) is 0. The smallest absolute Gasteiger partial charge is 0.229 e. The van der Waals surface area contributed by atoms with Crippen LogP contribution in [0.2, 0.25) is 4.34 Å². The molecule has 102 valence electrons. The summed E-state index contributed by atoms with van der Waals surface area (Å²) < 4.78 is 49.9. The van der Waals surface area contributed by atoms with Crippen LogP contribution in [0.25, 0.3) is 0 Å². The Morgan fingerprint density at radius 3 is 2.56 bits per heavy atom. The number of thiophene rings is 1. The summed E-state index contributed by atoms with van der Waals surface area (Å²) in [6.45, 7) is 1.60. The molecule has 0 radical (unpaired) electrons. The molecule has 1 fully saturated rings. The predicted octanol–water partition coefficient (Wildman–Crippen LogP) is 1.26. The Hall–Kier alpha value is -0.150. The molecule has 1 aliphatic heterocycles. The SMILES string of the molecule is C[C@]1(NS(=O)(=O)c2ccc(Cl)s2)CCS(=O)(=O)C1. The first-order valence-electron chi connectivity index (χ1n) is 5.12. The van der Waals surface area contributed by atoms with Gasteiger partial charge in [-0.05, 0) is 25.5 Å². The van der Waals surface area contributed by atoms with E-state index in [2.05, 4.69) is 4.72 Å². The van der Waals surface area contributed by atoms with Gasteiger partial charge in [0, 0.05) is 5.54 Å². The third-order valence-electron chi connectivity index (χ3n) is 2.70. The van der Waals surface area contributed by atoms with Gasteiger partial charge in [-0.1, -0.05) is 11.6 Å². The van der Waals surface area contributed by atoms with Crippen LogP contribution in [0.3, 0.4) is 0 Å². The van der Waals surface area contributed by atoms with Gasteiger partial charge in [-0.25, -0.2) is 21.6 Å². The molecule has 5 nitrogen and oxygen atoms in total. The lowest BCUT2D eigenvalue weighted by molar-refractivity contribution is 0.462. The van der Waals surface area contributed by atoms with E-state index in [-0.39, 0.29) is 22.1 Å². The summed E-state index contributed by atoms with van der Waals surface area (Å²) in [5.74, 6) is -0.157. The summed E-state index contributed by atoms with van der Waals surface area (Å²) in [6, 6.07) is 2.90. The summed E-state index contributed by atoms with van der Waals surface area (Å²) in [6.07, 6.45) is 0.285. The van der Waals surface area contributed by atoms with E-state index < -0.39 is 25.4 Å². The molecule has 18 heavy (non-hydrogen) atoms. The lowest BCUT2D eigenvalue weighted by Gasteiger charge is -2.22. The Morgan fingerprint density at radius 1 is 1.44 bits per heavy atom. The van der Waals surface area contributed by atoms with Crippen molar-refractivity contribution in [3.63, 3.8) is 0 Å². The molecule has 1 aliphatic rings. The molecular formula is C9H12ClNO4S3. The van der Waals surface area contributed by atoms with Crippen LogP contribution in [0.4, 0.5) is 0 Å². The quantitative estimate of drug-likeness (QED) is 0.905. The molecule has 0 aliphatic carbocycles. The molecule has 0 saturated carbocycles. The van der Waals surface area contributed by atoms with Crippen molar-refractivity contribution >= 4 is 42.8 Å². The Balaban J connectivity index is 2.24. The van der Waals surface area contributed by atoms with E-state index in [1.165, 1.54) is 12.1 Å². The average Bonchev–Trinajstić information content (AvgIpc) is 2.70. The second-order valence-electron chi connectivity index (χ2n) is 4.57. The highest BCUT2D eigenvalue weighted by Gasteiger charge is 2.41. The first-order chi connectivity index (χ1) is 8.12. The van der Waals surface area contributed by atoms with Crippen molar-refractivity contribution in [2.75, 3.05) is 11.5 Å². The third-order valence-corrected chi connectivity index (χ3v) is 7.96. The fourth-order valence-corrected chi connectivity index (χ4v) is 7.01. The average molecular weight is 330 g/mol. The summed E-state index contributed by atoms with van der Waals surface area (Å²) in [5.41, 5.74) is -0.936. The van der Waals surface area contributed by atoms with E-state index in [9.17, 15) is 16.8 Å². The molecule has 2 heterocycles.